The van der Waals surface area contributed by atoms with Gasteiger partial charge in [-0.2, -0.15) is 9.29 Å². The third kappa shape index (κ3) is 4.76. The van der Waals surface area contributed by atoms with Crippen LogP contribution in [0.3, 0.4) is 0 Å². The van der Waals surface area contributed by atoms with Gasteiger partial charge in [-0.15, -0.1) is 0 Å². The van der Waals surface area contributed by atoms with E-state index in [0.29, 0.717) is 56.8 Å². The first kappa shape index (κ1) is 21.4. The van der Waals surface area contributed by atoms with Crippen LogP contribution in [0.15, 0.2) is 57.9 Å². The fourth-order valence-electron chi connectivity index (χ4n) is 3.44. The molecule has 0 aliphatic carbocycles. The van der Waals surface area contributed by atoms with Crippen LogP contribution < -0.4 is 4.74 Å². The number of para-hydroxylation sites is 1. The molecule has 31 heavy (non-hydrogen) atoms. The summed E-state index contributed by atoms with van der Waals surface area (Å²) in [6, 6.07) is 12.4. The van der Waals surface area contributed by atoms with Crippen molar-refractivity contribution in [2.45, 2.75) is 18.4 Å². The molecule has 2 aromatic carbocycles. The Hall–Kier alpha value is -2.82. The molecule has 8 nitrogen and oxygen atoms in total. The molecule has 1 aliphatic rings. The van der Waals surface area contributed by atoms with E-state index in [2.05, 4.69) is 15.0 Å². The minimum atomic E-state index is -3.64. The molecular weight excluding hydrogens is 423 g/mol. The average molecular weight is 447 g/mol. The first-order valence-electron chi connectivity index (χ1n) is 10.00. The van der Waals surface area contributed by atoms with Crippen LogP contribution in [0.4, 0.5) is 4.39 Å². The molecule has 0 N–H and O–H groups in total. The topological polar surface area (TPSA) is 88.8 Å². The molecule has 0 atom stereocenters. The lowest BCUT2D eigenvalue weighted by Gasteiger charge is -2.33. The van der Waals surface area contributed by atoms with E-state index in [1.165, 1.54) is 16.4 Å². The van der Waals surface area contributed by atoms with Gasteiger partial charge in [-0.3, -0.25) is 4.90 Å². The van der Waals surface area contributed by atoms with E-state index < -0.39 is 15.8 Å². The second kappa shape index (κ2) is 9.13. The van der Waals surface area contributed by atoms with Crippen LogP contribution in [-0.4, -0.2) is 60.5 Å². The van der Waals surface area contributed by atoms with Gasteiger partial charge in [0.25, 0.3) is 0 Å². The van der Waals surface area contributed by atoms with Gasteiger partial charge in [0, 0.05) is 26.2 Å². The first-order valence-corrected chi connectivity index (χ1v) is 11.4. The predicted molar refractivity (Wildman–Crippen MR) is 111 cm³/mol. The van der Waals surface area contributed by atoms with Crippen molar-refractivity contribution >= 4 is 10.0 Å². The lowest BCUT2D eigenvalue weighted by molar-refractivity contribution is 0.163. The fourth-order valence-corrected chi connectivity index (χ4v) is 4.86. The fraction of sp³-hybridized carbons (Fsp3) is 0.333. The maximum absolute atomic E-state index is 13.1. The van der Waals surface area contributed by atoms with E-state index in [9.17, 15) is 12.8 Å². The zero-order valence-corrected chi connectivity index (χ0v) is 17.9. The molecule has 0 bridgehead atoms. The highest BCUT2D eigenvalue weighted by atomic mass is 32.2. The summed E-state index contributed by atoms with van der Waals surface area (Å²) in [4.78, 5) is 6.63. The van der Waals surface area contributed by atoms with E-state index in [1.807, 2.05) is 31.2 Å². The van der Waals surface area contributed by atoms with Crippen LogP contribution in [0.25, 0.3) is 11.4 Å². The minimum Gasteiger partial charge on any atom is -0.493 e. The number of ether oxygens (including phenoxy) is 1. The van der Waals surface area contributed by atoms with Crippen molar-refractivity contribution in [3.63, 3.8) is 0 Å². The van der Waals surface area contributed by atoms with Crippen LogP contribution in [0.5, 0.6) is 5.75 Å². The van der Waals surface area contributed by atoms with Gasteiger partial charge in [-0.05, 0) is 43.3 Å². The van der Waals surface area contributed by atoms with Crippen LogP contribution in [0.2, 0.25) is 0 Å². The van der Waals surface area contributed by atoms with Crippen molar-refractivity contribution in [2.75, 3.05) is 32.8 Å². The molecule has 1 aromatic heterocycles. The van der Waals surface area contributed by atoms with Gasteiger partial charge in [0.1, 0.15) is 11.6 Å². The van der Waals surface area contributed by atoms with Crippen molar-refractivity contribution < 1.29 is 22.1 Å². The highest BCUT2D eigenvalue weighted by Gasteiger charge is 2.29. The summed E-state index contributed by atoms with van der Waals surface area (Å²) >= 11 is 0. The van der Waals surface area contributed by atoms with Crippen molar-refractivity contribution in [3.05, 3.63) is 60.2 Å². The highest BCUT2D eigenvalue weighted by Crippen LogP contribution is 2.28. The van der Waals surface area contributed by atoms with Gasteiger partial charge in [0.15, 0.2) is 0 Å². The van der Waals surface area contributed by atoms with E-state index in [1.54, 1.807) is 0 Å². The van der Waals surface area contributed by atoms with Gasteiger partial charge in [0.2, 0.25) is 21.7 Å². The number of nitrogens with zero attached hydrogens (tertiary/aromatic N) is 4. The summed E-state index contributed by atoms with van der Waals surface area (Å²) in [6.45, 7) is 4.57. The van der Waals surface area contributed by atoms with Crippen molar-refractivity contribution in [1.82, 2.24) is 19.3 Å². The minimum absolute atomic E-state index is 0.0943. The number of halogens is 1. The van der Waals surface area contributed by atoms with Crippen molar-refractivity contribution in [3.8, 4) is 17.1 Å². The van der Waals surface area contributed by atoms with E-state index in [4.69, 9.17) is 9.26 Å². The molecule has 164 valence electrons. The number of rotatable bonds is 7. The molecule has 1 fully saturated rings. The SMILES string of the molecule is CCOc1ccccc1-c1noc(CN2CCN(S(=O)(=O)c3ccc(F)cc3)CC2)n1. The third-order valence-electron chi connectivity index (χ3n) is 5.04. The largest absolute Gasteiger partial charge is 0.493 e. The highest BCUT2D eigenvalue weighted by molar-refractivity contribution is 7.89. The van der Waals surface area contributed by atoms with Crippen LogP contribution in [0.1, 0.15) is 12.8 Å². The van der Waals surface area contributed by atoms with Crippen LogP contribution in [-0.2, 0) is 16.6 Å². The zero-order chi connectivity index (χ0) is 21.8. The number of piperazine rings is 1. The predicted octanol–water partition coefficient (Wildman–Crippen LogP) is 2.78. The quantitative estimate of drug-likeness (QED) is 0.551. The molecule has 1 aliphatic heterocycles. The molecule has 4 rings (SSSR count). The molecule has 0 radical (unpaired) electrons. The van der Waals surface area contributed by atoms with Gasteiger partial charge in [-0.1, -0.05) is 17.3 Å². The number of aromatic nitrogens is 2. The number of sulfonamides is 1. The Morgan fingerprint density at radius 2 is 1.77 bits per heavy atom. The van der Waals surface area contributed by atoms with E-state index in [0.717, 1.165) is 17.7 Å². The van der Waals surface area contributed by atoms with Gasteiger partial charge in [-0.25, -0.2) is 12.8 Å². The molecule has 1 saturated heterocycles. The van der Waals surface area contributed by atoms with Gasteiger partial charge in [0.05, 0.1) is 23.6 Å². The van der Waals surface area contributed by atoms with E-state index >= 15 is 0 Å². The van der Waals surface area contributed by atoms with E-state index in [-0.39, 0.29) is 4.90 Å². The summed E-state index contributed by atoms with van der Waals surface area (Å²) in [5.41, 5.74) is 0.759. The Morgan fingerprint density at radius 3 is 2.48 bits per heavy atom. The number of hydrogen-bond acceptors (Lipinski definition) is 7. The van der Waals surface area contributed by atoms with Crippen LogP contribution in [0, 0.1) is 5.82 Å². The summed E-state index contributed by atoms with van der Waals surface area (Å²) in [5, 5.41) is 4.07. The smallest absolute Gasteiger partial charge is 0.243 e. The average Bonchev–Trinajstić information content (AvgIpc) is 3.23. The Morgan fingerprint density at radius 1 is 1.06 bits per heavy atom. The molecule has 0 unspecified atom stereocenters. The lowest BCUT2D eigenvalue weighted by Crippen LogP contribution is -2.48. The second-order valence-corrected chi connectivity index (χ2v) is 9.01. The standard InChI is InChI=1S/C21H23FN4O4S/c1-2-29-19-6-4-3-5-18(19)21-23-20(30-24-21)15-25-11-13-26(14-12-25)31(27,28)17-9-7-16(22)8-10-17/h3-10H,2,11-15H2,1H3. The number of benzene rings is 2. The Labute approximate surface area is 180 Å². The lowest BCUT2D eigenvalue weighted by atomic mass is 10.2. The monoisotopic (exact) mass is 446 g/mol. The second-order valence-electron chi connectivity index (χ2n) is 7.08. The molecule has 0 spiro atoms. The molecule has 2 heterocycles. The molecule has 0 amide bonds. The van der Waals surface area contributed by atoms with Crippen molar-refractivity contribution in [2.24, 2.45) is 0 Å². The van der Waals surface area contributed by atoms with Crippen molar-refractivity contribution in [1.29, 1.82) is 0 Å². The maximum atomic E-state index is 13.1. The molecular formula is C21H23FN4O4S. The number of hydrogen-bond donors (Lipinski definition) is 0. The Balaban J connectivity index is 1.38. The third-order valence-corrected chi connectivity index (χ3v) is 6.95. The molecule has 0 saturated carbocycles. The molecule has 3 aromatic rings. The summed E-state index contributed by atoms with van der Waals surface area (Å²) in [6.07, 6.45) is 0. The van der Waals surface area contributed by atoms with Gasteiger partial charge < -0.3 is 9.26 Å². The van der Waals surface area contributed by atoms with Crippen LogP contribution >= 0.6 is 0 Å². The summed E-state index contributed by atoms with van der Waals surface area (Å²) in [5.74, 6) is 1.14. The Kier molecular flexibility index (Phi) is 6.30. The van der Waals surface area contributed by atoms with Gasteiger partial charge >= 0.3 is 0 Å². The summed E-state index contributed by atoms with van der Waals surface area (Å²) in [7, 11) is -3.64. The maximum Gasteiger partial charge on any atom is 0.243 e. The Bertz CT molecular complexity index is 1130. The molecule has 10 heteroatoms. The zero-order valence-electron chi connectivity index (χ0n) is 17.1. The normalized spacial score (nSPS) is 15.8. The first-order chi connectivity index (χ1) is 15.0. The summed E-state index contributed by atoms with van der Waals surface area (Å²) < 4.78 is 51.0.